The lowest BCUT2D eigenvalue weighted by Gasteiger charge is -2.36. The van der Waals surface area contributed by atoms with Crippen molar-refractivity contribution in [2.75, 3.05) is 43.5 Å². The molecule has 3 rings (SSSR count). The zero-order valence-electron chi connectivity index (χ0n) is 14.4. The number of nitrogens with one attached hydrogen (secondary N) is 1. The molecule has 0 aliphatic carbocycles. The van der Waals surface area contributed by atoms with Crippen LogP contribution in [0.2, 0.25) is 0 Å². The first-order chi connectivity index (χ1) is 12.0. The molecule has 1 heterocycles. The predicted molar refractivity (Wildman–Crippen MR) is 96.1 cm³/mol. The van der Waals surface area contributed by atoms with Crippen LogP contribution in [0.3, 0.4) is 0 Å². The number of nitrogens with zero attached hydrogens (tertiary/aromatic N) is 2. The summed E-state index contributed by atoms with van der Waals surface area (Å²) in [6.07, 6.45) is 0. The quantitative estimate of drug-likeness (QED) is 0.800. The molecular weight excluding hydrogens is 322 g/mol. The Bertz CT molecular complexity index is 829. The van der Waals surface area contributed by atoms with E-state index in [0.717, 1.165) is 11.3 Å². The largest absolute Gasteiger partial charge is 0.497 e. The first kappa shape index (κ1) is 17.0. The summed E-state index contributed by atoms with van der Waals surface area (Å²) in [4.78, 5) is 39.0. The van der Waals surface area contributed by atoms with Gasteiger partial charge in [-0.2, -0.15) is 0 Å². The Morgan fingerprint density at radius 3 is 2.28 bits per heavy atom. The van der Waals surface area contributed by atoms with Gasteiger partial charge in [-0.15, -0.1) is 0 Å². The molecule has 0 atom stereocenters. The van der Waals surface area contributed by atoms with Crippen LogP contribution >= 0.6 is 0 Å². The summed E-state index contributed by atoms with van der Waals surface area (Å²) in [6.45, 7) is 4.23. The summed E-state index contributed by atoms with van der Waals surface area (Å²) in [7, 11) is 1.61. The molecule has 0 bridgehead atoms. The summed E-state index contributed by atoms with van der Waals surface area (Å²) < 4.78 is 5.12. The minimum atomic E-state index is -0.475. The van der Waals surface area contributed by atoms with Gasteiger partial charge in [-0.1, -0.05) is 12.1 Å². The third-order valence-electron chi connectivity index (χ3n) is 4.55. The minimum Gasteiger partial charge on any atom is -0.497 e. The predicted octanol–water partition coefficient (Wildman–Crippen LogP) is 0.572. The first-order valence-corrected chi connectivity index (χ1v) is 8.22. The number of piperazine rings is 1. The summed E-state index contributed by atoms with van der Waals surface area (Å²) in [5.41, 5.74) is 0.881. The SMILES string of the molecule is COc1ccc(CNc2c(N3CCN(C(C)=O)CC3)c(=O)c2=O)cc1. The van der Waals surface area contributed by atoms with E-state index >= 15 is 0 Å². The summed E-state index contributed by atoms with van der Waals surface area (Å²) in [5, 5.41) is 3.08. The van der Waals surface area contributed by atoms with Crippen LogP contribution in [-0.2, 0) is 11.3 Å². The van der Waals surface area contributed by atoms with Gasteiger partial charge in [0.2, 0.25) is 5.91 Å². The molecule has 1 aliphatic heterocycles. The molecule has 1 amide bonds. The molecule has 2 aromatic carbocycles. The number of benzene rings is 1. The molecule has 25 heavy (non-hydrogen) atoms. The summed E-state index contributed by atoms with van der Waals surface area (Å²) in [5.74, 6) is 0.796. The third kappa shape index (κ3) is 3.35. The van der Waals surface area contributed by atoms with E-state index in [-0.39, 0.29) is 5.91 Å². The molecule has 0 saturated carbocycles. The van der Waals surface area contributed by atoms with E-state index in [1.165, 1.54) is 6.92 Å². The van der Waals surface area contributed by atoms with Gasteiger partial charge in [0.15, 0.2) is 0 Å². The monoisotopic (exact) mass is 343 g/mol. The number of hydrogen-bond acceptors (Lipinski definition) is 6. The van der Waals surface area contributed by atoms with Crippen molar-refractivity contribution < 1.29 is 9.53 Å². The number of carbonyl (C=O) groups excluding carboxylic acids is 1. The second kappa shape index (κ2) is 6.96. The lowest BCUT2D eigenvalue weighted by molar-refractivity contribution is -0.129. The van der Waals surface area contributed by atoms with E-state index in [4.69, 9.17) is 4.74 Å². The highest BCUT2D eigenvalue weighted by Gasteiger charge is 2.28. The second-order valence-corrected chi connectivity index (χ2v) is 6.08. The van der Waals surface area contributed by atoms with Gasteiger partial charge < -0.3 is 19.9 Å². The van der Waals surface area contributed by atoms with E-state index < -0.39 is 10.9 Å². The lowest BCUT2D eigenvalue weighted by atomic mass is 10.1. The molecule has 0 aromatic heterocycles. The van der Waals surface area contributed by atoms with Crippen LogP contribution in [0.25, 0.3) is 0 Å². The highest BCUT2D eigenvalue weighted by molar-refractivity contribution is 5.77. The maximum absolute atomic E-state index is 12.0. The average molecular weight is 343 g/mol. The van der Waals surface area contributed by atoms with Crippen molar-refractivity contribution in [2.24, 2.45) is 0 Å². The number of methoxy groups -OCH3 is 1. The Balaban J connectivity index is 1.67. The van der Waals surface area contributed by atoms with Crippen molar-refractivity contribution >= 4 is 17.3 Å². The fourth-order valence-electron chi connectivity index (χ4n) is 3.02. The van der Waals surface area contributed by atoms with Gasteiger partial charge in [0, 0.05) is 39.6 Å². The molecular formula is C18H21N3O4. The maximum atomic E-state index is 12.0. The van der Waals surface area contributed by atoms with Gasteiger partial charge in [-0.05, 0) is 17.7 Å². The average Bonchev–Trinajstić information content (AvgIpc) is 2.65. The summed E-state index contributed by atoms with van der Waals surface area (Å²) in [6, 6.07) is 7.51. The summed E-state index contributed by atoms with van der Waals surface area (Å²) >= 11 is 0. The van der Waals surface area contributed by atoms with Crippen molar-refractivity contribution in [3.63, 3.8) is 0 Å². The van der Waals surface area contributed by atoms with Gasteiger partial charge in [0.1, 0.15) is 17.1 Å². The van der Waals surface area contributed by atoms with Gasteiger partial charge in [0.05, 0.1) is 7.11 Å². The number of amides is 1. The number of hydrogen-bond donors (Lipinski definition) is 1. The Hall–Kier alpha value is -2.83. The smallest absolute Gasteiger partial charge is 0.253 e. The molecule has 1 N–H and O–H groups in total. The number of anilines is 2. The molecule has 2 aromatic rings. The molecule has 0 spiro atoms. The third-order valence-corrected chi connectivity index (χ3v) is 4.55. The van der Waals surface area contributed by atoms with Crippen molar-refractivity contribution in [1.29, 1.82) is 0 Å². The molecule has 132 valence electrons. The maximum Gasteiger partial charge on any atom is 0.253 e. The first-order valence-electron chi connectivity index (χ1n) is 8.22. The molecule has 1 aliphatic rings. The fourth-order valence-corrected chi connectivity index (χ4v) is 3.02. The van der Waals surface area contributed by atoms with Crippen molar-refractivity contribution in [3.8, 4) is 5.75 Å². The van der Waals surface area contributed by atoms with Crippen molar-refractivity contribution in [1.82, 2.24) is 4.90 Å². The number of rotatable bonds is 5. The Kier molecular flexibility index (Phi) is 4.74. The van der Waals surface area contributed by atoms with Crippen LogP contribution in [0.5, 0.6) is 5.75 Å². The molecule has 7 nitrogen and oxygen atoms in total. The molecule has 7 heteroatoms. The highest BCUT2D eigenvalue weighted by Crippen LogP contribution is 2.22. The molecule has 0 radical (unpaired) electrons. The van der Waals surface area contributed by atoms with E-state index in [1.807, 2.05) is 29.2 Å². The molecule has 1 fully saturated rings. The standard InChI is InChI=1S/C18H21N3O4/c1-12(22)20-7-9-21(10-8-20)16-15(17(23)18(16)24)19-11-13-3-5-14(25-2)6-4-13/h3-6,19H,7-11H2,1-2H3. The Morgan fingerprint density at radius 2 is 1.72 bits per heavy atom. The molecule has 0 unspecified atom stereocenters. The van der Waals surface area contributed by atoms with E-state index in [2.05, 4.69) is 5.32 Å². The Morgan fingerprint density at radius 1 is 1.08 bits per heavy atom. The number of ether oxygens (including phenoxy) is 1. The zero-order valence-corrected chi connectivity index (χ0v) is 14.4. The van der Waals surface area contributed by atoms with E-state index in [0.29, 0.717) is 44.1 Å². The second-order valence-electron chi connectivity index (χ2n) is 6.08. The van der Waals surface area contributed by atoms with Crippen molar-refractivity contribution in [2.45, 2.75) is 13.5 Å². The fraction of sp³-hybridized carbons (Fsp3) is 0.389. The number of carbonyl (C=O) groups is 1. The topological polar surface area (TPSA) is 79.0 Å². The highest BCUT2D eigenvalue weighted by atomic mass is 16.5. The van der Waals surface area contributed by atoms with Crippen molar-refractivity contribution in [3.05, 3.63) is 50.3 Å². The normalized spacial score (nSPS) is 14.6. The Labute approximate surface area is 145 Å². The lowest BCUT2D eigenvalue weighted by Crippen LogP contribution is -2.52. The van der Waals surface area contributed by atoms with E-state index in [9.17, 15) is 14.4 Å². The van der Waals surface area contributed by atoms with Crippen LogP contribution in [0, 0.1) is 0 Å². The van der Waals surface area contributed by atoms with Gasteiger partial charge >= 0.3 is 0 Å². The van der Waals surface area contributed by atoms with Crippen LogP contribution in [0.15, 0.2) is 33.9 Å². The minimum absolute atomic E-state index is 0.0301. The van der Waals surface area contributed by atoms with Gasteiger partial charge in [0.25, 0.3) is 10.9 Å². The molecule has 1 saturated heterocycles. The zero-order chi connectivity index (χ0) is 18.0. The van der Waals surface area contributed by atoms with Gasteiger partial charge in [-0.25, -0.2) is 0 Å². The van der Waals surface area contributed by atoms with Gasteiger partial charge in [-0.3, -0.25) is 14.4 Å². The van der Waals surface area contributed by atoms with Crippen LogP contribution in [-0.4, -0.2) is 44.1 Å². The van der Waals surface area contributed by atoms with Crippen LogP contribution in [0.1, 0.15) is 12.5 Å². The van der Waals surface area contributed by atoms with Crippen LogP contribution in [0.4, 0.5) is 11.4 Å². The van der Waals surface area contributed by atoms with Crippen LogP contribution < -0.4 is 25.8 Å². The van der Waals surface area contributed by atoms with E-state index in [1.54, 1.807) is 12.0 Å².